The summed E-state index contributed by atoms with van der Waals surface area (Å²) >= 11 is 3.30. The lowest BCUT2D eigenvalue weighted by molar-refractivity contribution is -0.137. The maximum atomic E-state index is 12.6. The Hall–Kier alpha value is -2.06. The third-order valence-corrected chi connectivity index (χ3v) is 3.41. The molecule has 8 heteroatoms. The van der Waals surface area contributed by atoms with Gasteiger partial charge in [0.25, 0.3) is 5.91 Å². The first kappa shape index (κ1) is 18.3. The van der Waals surface area contributed by atoms with Gasteiger partial charge in [0.15, 0.2) is 0 Å². The average Bonchev–Trinajstić information content (AvgIpc) is 2.55. The Morgan fingerprint density at radius 3 is 2.46 bits per heavy atom. The number of hydrogen-bond acceptors (Lipinski definition) is 3. The summed E-state index contributed by atoms with van der Waals surface area (Å²) in [4.78, 5) is 16.7. The van der Waals surface area contributed by atoms with Crippen LogP contribution in [-0.2, 0) is 11.0 Å². The van der Waals surface area contributed by atoms with Crippen molar-refractivity contribution in [2.45, 2.75) is 6.18 Å². The molecule has 0 bridgehead atoms. The van der Waals surface area contributed by atoms with Crippen molar-refractivity contribution in [3.63, 3.8) is 0 Å². The van der Waals surface area contributed by atoms with Crippen molar-refractivity contribution in [1.82, 2.24) is 5.48 Å². The van der Waals surface area contributed by atoms with E-state index in [1.54, 1.807) is 12.1 Å². The monoisotopic (exact) mass is 403 g/mol. The molecule has 0 aromatic heterocycles. The first-order valence-corrected chi connectivity index (χ1v) is 7.63. The fourth-order valence-electron chi connectivity index (χ4n) is 1.74. The summed E-state index contributed by atoms with van der Waals surface area (Å²) in [5.41, 5.74) is 1.04. The molecule has 0 heterocycles. The number of ether oxygens (including phenoxy) is 1. The maximum absolute atomic E-state index is 12.6. The SMILES string of the molecule is O=C(NOCCOc1ccc(Br)cc1)c1cccc(C(F)(F)F)c1. The predicted octanol–water partition coefficient (Wildman–Crippen LogP) is 4.21. The van der Waals surface area contributed by atoms with Gasteiger partial charge in [0.1, 0.15) is 19.0 Å². The molecule has 0 fully saturated rings. The molecule has 24 heavy (non-hydrogen) atoms. The summed E-state index contributed by atoms with van der Waals surface area (Å²) in [6.07, 6.45) is -4.50. The van der Waals surface area contributed by atoms with Crippen LogP contribution in [0.4, 0.5) is 13.2 Å². The highest BCUT2D eigenvalue weighted by Crippen LogP contribution is 2.29. The third-order valence-electron chi connectivity index (χ3n) is 2.88. The van der Waals surface area contributed by atoms with Crippen LogP contribution in [0.25, 0.3) is 0 Å². The number of carbonyl (C=O) groups is 1. The minimum Gasteiger partial charge on any atom is -0.491 e. The number of rotatable bonds is 6. The fraction of sp³-hybridized carbons (Fsp3) is 0.188. The predicted molar refractivity (Wildman–Crippen MR) is 84.5 cm³/mol. The Bertz CT molecular complexity index is 690. The van der Waals surface area contributed by atoms with Gasteiger partial charge in [-0.15, -0.1) is 0 Å². The lowest BCUT2D eigenvalue weighted by Gasteiger charge is -2.10. The molecular weight excluding hydrogens is 391 g/mol. The zero-order valence-electron chi connectivity index (χ0n) is 12.3. The highest BCUT2D eigenvalue weighted by molar-refractivity contribution is 9.10. The van der Waals surface area contributed by atoms with Gasteiger partial charge in [0.2, 0.25) is 0 Å². The van der Waals surface area contributed by atoms with Crippen LogP contribution in [0.5, 0.6) is 5.75 Å². The van der Waals surface area contributed by atoms with Crippen LogP contribution in [0.1, 0.15) is 15.9 Å². The Morgan fingerprint density at radius 2 is 1.79 bits per heavy atom. The molecule has 1 amide bonds. The van der Waals surface area contributed by atoms with Gasteiger partial charge < -0.3 is 4.74 Å². The molecule has 0 spiro atoms. The van der Waals surface area contributed by atoms with Gasteiger partial charge in [-0.2, -0.15) is 13.2 Å². The van der Waals surface area contributed by atoms with E-state index in [4.69, 9.17) is 9.57 Å². The number of nitrogens with one attached hydrogen (secondary N) is 1. The first-order valence-electron chi connectivity index (χ1n) is 6.84. The van der Waals surface area contributed by atoms with Gasteiger partial charge in [-0.3, -0.25) is 9.63 Å². The molecule has 2 aromatic rings. The van der Waals surface area contributed by atoms with Gasteiger partial charge in [0.05, 0.1) is 5.56 Å². The standard InChI is InChI=1S/C16H13BrF3NO3/c17-13-4-6-14(7-5-13)23-8-9-24-21-15(22)11-2-1-3-12(10-11)16(18,19)20/h1-7,10H,8-9H2,(H,21,22). The Balaban J connectivity index is 1.76. The van der Waals surface area contributed by atoms with E-state index in [0.29, 0.717) is 5.75 Å². The van der Waals surface area contributed by atoms with E-state index in [0.717, 1.165) is 22.7 Å². The third kappa shape index (κ3) is 5.54. The fourth-order valence-corrected chi connectivity index (χ4v) is 2.01. The largest absolute Gasteiger partial charge is 0.491 e. The number of benzene rings is 2. The average molecular weight is 404 g/mol. The van der Waals surface area contributed by atoms with Crippen LogP contribution in [-0.4, -0.2) is 19.1 Å². The molecule has 0 saturated carbocycles. The number of hydroxylamine groups is 1. The Morgan fingerprint density at radius 1 is 1.08 bits per heavy atom. The molecule has 0 atom stereocenters. The topological polar surface area (TPSA) is 47.6 Å². The molecule has 0 unspecified atom stereocenters. The van der Waals surface area contributed by atoms with Crippen LogP contribution < -0.4 is 10.2 Å². The van der Waals surface area contributed by atoms with E-state index >= 15 is 0 Å². The van der Waals surface area contributed by atoms with Crippen molar-refractivity contribution >= 4 is 21.8 Å². The molecule has 2 rings (SSSR count). The van der Waals surface area contributed by atoms with Crippen molar-refractivity contribution in [1.29, 1.82) is 0 Å². The summed E-state index contributed by atoms with van der Waals surface area (Å²) in [6, 6.07) is 11.2. The van der Waals surface area contributed by atoms with Crippen LogP contribution in [0.2, 0.25) is 0 Å². The smallest absolute Gasteiger partial charge is 0.416 e. The van der Waals surface area contributed by atoms with E-state index in [9.17, 15) is 18.0 Å². The van der Waals surface area contributed by atoms with Gasteiger partial charge in [-0.05, 0) is 42.5 Å². The second-order valence-corrected chi connectivity index (χ2v) is 5.58. The van der Waals surface area contributed by atoms with E-state index < -0.39 is 17.6 Å². The number of carbonyl (C=O) groups excluding carboxylic acids is 1. The second kappa shape index (κ2) is 8.16. The van der Waals surface area contributed by atoms with E-state index in [1.807, 2.05) is 12.1 Å². The number of amides is 1. The van der Waals surface area contributed by atoms with Crippen molar-refractivity contribution in [2.75, 3.05) is 13.2 Å². The normalized spacial score (nSPS) is 11.2. The minimum atomic E-state index is -4.50. The van der Waals surface area contributed by atoms with Gasteiger partial charge >= 0.3 is 6.18 Å². The Labute approximate surface area is 144 Å². The molecule has 0 aliphatic heterocycles. The van der Waals surface area contributed by atoms with E-state index in [2.05, 4.69) is 21.4 Å². The summed E-state index contributed by atoms with van der Waals surface area (Å²) in [6.45, 7) is 0.214. The van der Waals surface area contributed by atoms with Crippen molar-refractivity contribution < 1.29 is 27.5 Å². The molecule has 0 aliphatic carbocycles. The number of alkyl halides is 3. The molecule has 0 aliphatic rings. The maximum Gasteiger partial charge on any atom is 0.416 e. The number of halogens is 4. The zero-order chi connectivity index (χ0) is 17.6. The van der Waals surface area contributed by atoms with E-state index in [1.165, 1.54) is 6.07 Å². The summed E-state index contributed by atoms with van der Waals surface area (Å²) in [5, 5.41) is 0. The Kier molecular flexibility index (Phi) is 6.22. The lowest BCUT2D eigenvalue weighted by atomic mass is 10.1. The molecule has 4 nitrogen and oxygen atoms in total. The van der Waals surface area contributed by atoms with Crippen LogP contribution >= 0.6 is 15.9 Å². The van der Waals surface area contributed by atoms with Crippen LogP contribution in [0.15, 0.2) is 53.0 Å². The highest BCUT2D eigenvalue weighted by atomic mass is 79.9. The summed E-state index contributed by atoms with van der Waals surface area (Å²) < 4.78 is 44.0. The zero-order valence-corrected chi connectivity index (χ0v) is 13.9. The molecular formula is C16H13BrF3NO3. The quantitative estimate of drug-likeness (QED) is 0.580. The van der Waals surface area contributed by atoms with Crippen LogP contribution in [0, 0.1) is 0 Å². The lowest BCUT2D eigenvalue weighted by Crippen LogP contribution is -2.26. The second-order valence-electron chi connectivity index (χ2n) is 4.66. The van der Waals surface area contributed by atoms with Gasteiger partial charge in [-0.1, -0.05) is 22.0 Å². The summed E-state index contributed by atoms with van der Waals surface area (Å²) in [7, 11) is 0. The van der Waals surface area contributed by atoms with Crippen molar-refractivity contribution in [3.05, 3.63) is 64.1 Å². The molecule has 128 valence electrons. The first-order chi connectivity index (χ1) is 11.4. The summed E-state index contributed by atoms with van der Waals surface area (Å²) in [5.74, 6) is -0.129. The molecule has 0 radical (unpaired) electrons. The molecule has 0 saturated heterocycles. The highest BCUT2D eigenvalue weighted by Gasteiger charge is 2.30. The molecule has 1 N–H and O–H groups in total. The van der Waals surface area contributed by atoms with Crippen molar-refractivity contribution in [3.8, 4) is 5.75 Å². The van der Waals surface area contributed by atoms with Gasteiger partial charge in [0, 0.05) is 10.0 Å². The minimum absolute atomic E-state index is 0.0424. The van der Waals surface area contributed by atoms with Crippen LogP contribution in [0.3, 0.4) is 0 Å². The number of hydrogen-bond donors (Lipinski definition) is 1. The van der Waals surface area contributed by atoms with E-state index in [-0.39, 0.29) is 18.8 Å². The van der Waals surface area contributed by atoms with Gasteiger partial charge in [-0.25, -0.2) is 5.48 Å². The van der Waals surface area contributed by atoms with Crippen molar-refractivity contribution in [2.24, 2.45) is 0 Å². The molecule has 2 aromatic carbocycles.